The Labute approximate surface area is 176 Å². The Hall–Kier alpha value is -2.50. The number of rotatable bonds is 6. The highest BCUT2D eigenvalue weighted by Crippen LogP contribution is 2.28. The third kappa shape index (κ3) is 3.86. The van der Waals surface area contributed by atoms with Crippen LogP contribution in [-0.4, -0.2) is 15.2 Å². The van der Waals surface area contributed by atoms with E-state index in [1.54, 1.807) is 17.4 Å². The quantitative estimate of drug-likeness (QED) is 0.242. The molecular formula is C23H19BrN2OS. The summed E-state index contributed by atoms with van der Waals surface area (Å²) in [6, 6.07) is 15.9. The lowest BCUT2D eigenvalue weighted by Crippen LogP contribution is -1.95. The average Bonchev–Trinajstić information content (AvgIpc) is 3.29. The van der Waals surface area contributed by atoms with Crippen LogP contribution in [0.5, 0.6) is 0 Å². The van der Waals surface area contributed by atoms with Crippen molar-refractivity contribution < 1.29 is 4.79 Å². The Balaban J connectivity index is 1.66. The molecule has 5 heteroatoms. The van der Waals surface area contributed by atoms with Gasteiger partial charge in [-0.25, -0.2) is 4.98 Å². The molecular weight excluding hydrogens is 432 g/mol. The minimum atomic E-state index is -0.00464. The molecule has 4 aromatic rings. The zero-order valence-electron chi connectivity index (χ0n) is 15.4. The van der Waals surface area contributed by atoms with Crippen molar-refractivity contribution in [1.29, 1.82) is 0 Å². The molecule has 0 aliphatic heterocycles. The summed E-state index contributed by atoms with van der Waals surface area (Å²) in [4.78, 5) is 18.3. The lowest BCUT2D eigenvalue weighted by molar-refractivity contribution is 0.104. The van der Waals surface area contributed by atoms with Gasteiger partial charge in [0.15, 0.2) is 10.7 Å². The highest BCUT2D eigenvalue weighted by atomic mass is 79.9. The smallest absolute Gasteiger partial charge is 0.194 e. The maximum absolute atomic E-state index is 12.7. The number of aromatic nitrogens is 2. The summed E-state index contributed by atoms with van der Waals surface area (Å²) in [5.41, 5.74) is 4.77. The minimum absolute atomic E-state index is 0.00464. The van der Waals surface area contributed by atoms with Gasteiger partial charge in [-0.15, -0.1) is 11.3 Å². The summed E-state index contributed by atoms with van der Waals surface area (Å²) >= 11 is 5.05. The molecule has 2 aromatic heterocycles. The van der Waals surface area contributed by atoms with E-state index in [0.29, 0.717) is 5.56 Å². The second-order valence-electron chi connectivity index (χ2n) is 6.55. The molecule has 0 fully saturated rings. The van der Waals surface area contributed by atoms with Gasteiger partial charge in [-0.2, -0.15) is 0 Å². The molecule has 0 N–H and O–H groups in total. The molecule has 0 atom stereocenters. The number of allylic oxidation sites excluding steroid dienone is 1. The fraction of sp³-hybridized carbons (Fsp3) is 0.130. The van der Waals surface area contributed by atoms with Crippen molar-refractivity contribution in [3.8, 4) is 11.3 Å². The van der Waals surface area contributed by atoms with Crippen molar-refractivity contribution in [3.05, 3.63) is 87.5 Å². The molecule has 3 nitrogen and oxygen atoms in total. The van der Waals surface area contributed by atoms with E-state index in [4.69, 9.17) is 4.98 Å². The molecule has 0 saturated heterocycles. The van der Waals surface area contributed by atoms with Crippen molar-refractivity contribution in [1.82, 2.24) is 9.38 Å². The molecule has 140 valence electrons. The highest BCUT2D eigenvalue weighted by molar-refractivity contribution is 9.10. The van der Waals surface area contributed by atoms with Crippen LogP contribution in [0, 0.1) is 0 Å². The normalized spacial score (nSPS) is 11.5. The van der Waals surface area contributed by atoms with Crippen molar-refractivity contribution >= 4 is 44.1 Å². The van der Waals surface area contributed by atoms with Crippen LogP contribution in [0.3, 0.4) is 0 Å². The Bertz CT molecular complexity index is 1140. The molecule has 0 amide bonds. The number of ketones is 1. The number of carbonyl (C=O) groups excluding carboxylic acids is 1. The number of nitrogens with zero attached hydrogens (tertiary/aromatic N) is 2. The monoisotopic (exact) mass is 450 g/mol. The largest absolute Gasteiger partial charge is 0.290 e. The van der Waals surface area contributed by atoms with Crippen molar-refractivity contribution in [2.45, 2.75) is 19.8 Å². The Morgan fingerprint density at radius 1 is 1.14 bits per heavy atom. The van der Waals surface area contributed by atoms with Gasteiger partial charge in [-0.3, -0.25) is 9.20 Å². The molecule has 0 unspecified atom stereocenters. The molecule has 2 aromatic carbocycles. The topological polar surface area (TPSA) is 34.4 Å². The van der Waals surface area contributed by atoms with E-state index in [0.717, 1.165) is 39.2 Å². The summed E-state index contributed by atoms with van der Waals surface area (Å²) in [5, 5.41) is 2.00. The summed E-state index contributed by atoms with van der Waals surface area (Å²) < 4.78 is 3.05. The number of halogens is 1. The SMILES string of the molecule is CCCc1ccc(C(=O)C=Cc2c(-c3ccc(Br)cc3)nc3sccn23)cc1. The minimum Gasteiger partial charge on any atom is -0.290 e. The fourth-order valence-electron chi connectivity index (χ4n) is 3.16. The van der Waals surface area contributed by atoms with Crippen LogP contribution in [0.2, 0.25) is 0 Å². The van der Waals surface area contributed by atoms with Gasteiger partial charge in [-0.05, 0) is 36.3 Å². The molecule has 0 radical (unpaired) electrons. The van der Waals surface area contributed by atoms with Crippen LogP contribution in [0.15, 0.2) is 70.7 Å². The van der Waals surface area contributed by atoms with Crippen molar-refractivity contribution in [2.24, 2.45) is 0 Å². The highest BCUT2D eigenvalue weighted by Gasteiger charge is 2.13. The maximum atomic E-state index is 12.7. The van der Waals surface area contributed by atoms with Gasteiger partial charge in [0, 0.05) is 27.2 Å². The lowest BCUT2D eigenvalue weighted by atomic mass is 10.0. The molecule has 0 spiro atoms. The summed E-state index contributed by atoms with van der Waals surface area (Å²) in [6.45, 7) is 2.15. The van der Waals surface area contributed by atoms with Crippen LogP contribution in [0.4, 0.5) is 0 Å². The standard InChI is InChI=1S/C23H19BrN2OS/c1-2-3-16-4-6-17(7-5-16)21(27)13-12-20-22(18-8-10-19(24)11-9-18)25-23-26(20)14-15-28-23/h4-15H,2-3H2,1H3. The van der Waals surface area contributed by atoms with E-state index in [1.807, 2.05) is 70.6 Å². The van der Waals surface area contributed by atoms with Gasteiger partial charge in [0.25, 0.3) is 0 Å². The Kier molecular flexibility index (Phi) is 5.55. The zero-order chi connectivity index (χ0) is 19.5. The number of carbonyl (C=O) groups is 1. The van der Waals surface area contributed by atoms with E-state index in [2.05, 4.69) is 22.9 Å². The van der Waals surface area contributed by atoms with Gasteiger partial charge < -0.3 is 0 Å². The maximum Gasteiger partial charge on any atom is 0.194 e. The summed E-state index contributed by atoms with van der Waals surface area (Å²) in [5.74, 6) is -0.00464. The predicted octanol–water partition coefficient (Wildman–Crippen LogP) is 6.67. The molecule has 0 aliphatic carbocycles. The van der Waals surface area contributed by atoms with Gasteiger partial charge in [0.2, 0.25) is 0 Å². The Morgan fingerprint density at radius 2 is 1.89 bits per heavy atom. The first-order valence-electron chi connectivity index (χ1n) is 9.18. The molecule has 0 aliphatic rings. The van der Waals surface area contributed by atoms with E-state index in [1.165, 1.54) is 5.56 Å². The first kappa shape index (κ1) is 18.8. The molecule has 0 bridgehead atoms. The second-order valence-corrected chi connectivity index (χ2v) is 8.34. The zero-order valence-corrected chi connectivity index (χ0v) is 17.8. The number of hydrogen-bond acceptors (Lipinski definition) is 3. The first-order valence-corrected chi connectivity index (χ1v) is 10.9. The van der Waals surface area contributed by atoms with Crippen LogP contribution < -0.4 is 0 Å². The second kappa shape index (κ2) is 8.25. The number of thiazole rings is 1. The summed E-state index contributed by atoms with van der Waals surface area (Å²) in [7, 11) is 0. The third-order valence-electron chi connectivity index (χ3n) is 4.59. The number of imidazole rings is 1. The number of hydrogen-bond donors (Lipinski definition) is 0. The molecule has 2 heterocycles. The van der Waals surface area contributed by atoms with Gasteiger partial charge >= 0.3 is 0 Å². The van der Waals surface area contributed by atoms with Crippen molar-refractivity contribution in [2.75, 3.05) is 0 Å². The average molecular weight is 451 g/mol. The summed E-state index contributed by atoms with van der Waals surface area (Å²) in [6.07, 6.45) is 7.63. The molecule has 4 rings (SSSR count). The van der Waals surface area contributed by atoms with E-state index >= 15 is 0 Å². The first-order chi connectivity index (χ1) is 13.7. The Morgan fingerprint density at radius 3 is 2.61 bits per heavy atom. The molecule has 28 heavy (non-hydrogen) atoms. The van der Waals surface area contributed by atoms with Crippen LogP contribution in [-0.2, 0) is 6.42 Å². The van der Waals surface area contributed by atoms with Crippen LogP contribution in [0.25, 0.3) is 22.3 Å². The van der Waals surface area contributed by atoms with Crippen molar-refractivity contribution in [3.63, 3.8) is 0 Å². The number of aryl methyl sites for hydroxylation is 1. The van der Waals surface area contributed by atoms with E-state index in [-0.39, 0.29) is 5.78 Å². The van der Waals surface area contributed by atoms with Gasteiger partial charge in [0.05, 0.1) is 11.4 Å². The fourth-order valence-corrected chi connectivity index (χ4v) is 4.14. The van der Waals surface area contributed by atoms with E-state index in [9.17, 15) is 4.79 Å². The third-order valence-corrected chi connectivity index (χ3v) is 5.87. The van der Waals surface area contributed by atoms with Crippen LogP contribution >= 0.6 is 27.3 Å². The van der Waals surface area contributed by atoms with E-state index < -0.39 is 0 Å². The van der Waals surface area contributed by atoms with Gasteiger partial charge in [-0.1, -0.05) is 65.7 Å². The van der Waals surface area contributed by atoms with Crippen LogP contribution in [0.1, 0.15) is 35.0 Å². The van der Waals surface area contributed by atoms with Gasteiger partial charge in [0.1, 0.15) is 0 Å². The number of benzene rings is 2. The lowest BCUT2D eigenvalue weighted by Gasteiger charge is -2.02. The predicted molar refractivity (Wildman–Crippen MR) is 120 cm³/mol. The molecule has 0 saturated carbocycles. The number of fused-ring (bicyclic) bond motifs is 1.